The second-order valence-electron chi connectivity index (χ2n) is 9.48. The first-order valence-electron chi connectivity index (χ1n) is 12.3. The van der Waals surface area contributed by atoms with Crippen molar-refractivity contribution in [2.24, 2.45) is 0 Å². The van der Waals surface area contributed by atoms with Crippen LogP contribution < -0.4 is 0 Å². The molecule has 6 rings (SSSR count). The first kappa shape index (κ1) is 22.9. The van der Waals surface area contributed by atoms with E-state index in [9.17, 15) is 9.59 Å². The average molecular weight is 501 g/mol. The Labute approximate surface area is 213 Å². The quantitative estimate of drug-likeness (QED) is 0.420. The summed E-state index contributed by atoms with van der Waals surface area (Å²) in [5.74, 6) is 0.0848. The summed E-state index contributed by atoms with van der Waals surface area (Å²) in [5, 5.41) is 7.97. The van der Waals surface area contributed by atoms with Gasteiger partial charge in [0, 0.05) is 67.8 Å². The molecule has 2 amide bonds. The third-order valence-electron chi connectivity index (χ3n) is 7.37. The molecule has 184 valence electrons. The van der Waals surface area contributed by atoms with Crippen LogP contribution in [0.5, 0.6) is 0 Å². The Balaban J connectivity index is 1.06. The highest BCUT2D eigenvalue weighted by atomic mass is 32.1. The summed E-state index contributed by atoms with van der Waals surface area (Å²) in [6.07, 6.45) is 3.51. The van der Waals surface area contributed by atoms with Crippen LogP contribution in [0.2, 0.25) is 0 Å². The molecular weight excluding hydrogens is 472 g/mol. The van der Waals surface area contributed by atoms with E-state index in [0.717, 1.165) is 37.1 Å². The van der Waals surface area contributed by atoms with Crippen LogP contribution in [0, 0.1) is 0 Å². The molecule has 4 aromatic rings. The Hall–Kier alpha value is -3.56. The maximum Gasteiger partial charge on any atom is 0.282 e. The minimum Gasteiger partial charge on any atom is -0.335 e. The molecule has 2 fully saturated rings. The number of aromatic nitrogens is 3. The summed E-state index contributed by atoms with van der Waals surface area (Å²) in [6, 6.07) is 16.6. The van der Waals surface area contributed by atoms with E-state index in [1.54, 1.807) is 6.20 Å². The number of hydrogen-bond donors (Lipinski definition) is 0. The minimum absolute atomic E-state index is 0.0203. The molecule has 0 N–H and O–H groups in total. The first-order chi connectivity index (χ1) is 17.6. The van der Waals surface area contributed by atoms with Gasteiger partial charge >= 0.3 is 0 Å². The number of thiazole rings is 1. The zero-order valence-corrected chi connectivity index (χ0v) is 21.0. The fourth-order valence-electron chi connectivity index (χ4n) is 5.16. The molecule has 0 saturated carbocycles. The largest absolute Gasteiger partial charge is 0.335 e. The molecule has 1 atom stereocenters. The zero-order chi connectivity index (χ0) is 24.6. The van der Waals surface area contributed by atoms with Gasteiger partial charge in [-0.15, -0.1) is 11.3 Å². The monoisotopic (exact) mass is 500 g/mol. The smallest absolute Gasteiger partial charge is 0.282 e. The predicted octanol–water partition coefficient (Wildman–Crippen LogP) is 3.38. The highest BCUT2D eigenvalue weighted by molar-refractivity contribution is 7.11. The molecule has 8 nitrogen and oxygen atoms in total. The van der Waals surface area contributed by atoms with Gasteiger partial charge in [0.05, 0.1) is 17.8 Å². The lowest BCUT2D eigenvalue weighted by Gasteiger charge is -2.48. The molecule has 9 heteroatoms. The molecule has 0 spiro atoms. The van der Waals surface area contributed by atoms with Gasteiger partial charge in [0.2, 0.25) is 0 Å². The van der Waals surface area contributed by atoms with E-state index in [-0.39, 0.29) is 17.9 Å². The van der Waals surface area contributed by atoms with Gasteiger partial charge < -0.3 is 9.80 Å². The van der Waals surface area contributed by atoms with Crippen molar-refractivity contribution in [2.75, 3.05) is 39.3 Å². The van der Waals surface area contributed by atoms with Crippen molar-refractivity contribution in [1.29, 1.82) is 0 Å². The zero-order valence-electron chi connectivity index (χ0n) is 20.2. The molecule has 2 aromatic carbocycles. The Kier molecular flexibility index (Phi) is 6.02. The molecule has 0 radical (unpaired) electrons. The van der Waals surface area contributed by atoms with E-state index in [2.05, 4.69) is 34.0 Å². The molecular formula is C27H28N6O2S. The summed E-state index contributed by atoms with van der Waals surface area (Å²) in [4.78, 5) is 36.0. The molecule has 2 aromatic heterocycles. The van der Waals surface area contributed by atoms with E-state index >= 15 is 0 Å². The summed E-state index contributed by atoms with van der Waals surface area (Å²) >= 11 is 1.39. The van der Waals surface area contributed by atoms with Crippen LogP contribution in [-0.2, 0) is 0 Å². The number of carbonyl (C=O) groups excluding carboxylic acids is 2. The number of benzene rings is 2. The Bertz CT molecular complexity index is 1370. The fraction of sp³-hybridized carbons (Fsp3) is 0.333. The van der Waals surface area contributed by atoms with Crippen molar-refractivity contribution in [3.05, 3.63) is 82.4 Å². The van der Waals surface area contributed by atoms with Crippen LogP contribution in [0.3, 0.4) is 0 Å². The van der Waals surface area contributed by atoms with Crippen LogP contribution in [0.4, 0.5) is 0 Å². The van der Waals surface area contributed by atoms with Crippen molar-refractivity contribution in [3.8, 4) is 0 Å². The molecule has 4 heterocycles. The van der Waals surface area contributed by atoms with Crippen LogP contribution >= 0.6 is 11.3 Å². The van der Waals surface area contributed by atoms with Crippen molar-refractivity contribution in [1.82, 2.24) is 29.5 Å². The van der Waals surface area contributed by atoms with Crippen molar-refractivity contribution >= 4 is 34.1 Å². The van der Waals surface area contributed by atoms with Gasteiger partial charge in [0.15, 0.2) is 5.01 Å². The maximum absolute atomic E-state index is 13.2. The van der Waals surface area contributed by atoms with Gasteiger partial charge in [-0.05, 0) is 30.7 Å². The van der Waals surface area contributed by atoms with Gasteiger partial charge in [-0.2, -0.15) is 5.10 Å². The minimum atomic E-state index is 0.0203. The standard InChI is InChI=1S/C27H28N6O2S/c1-19(20-5-3-2-4-6-20)33-24-8-7-21(15-22(24)16-29-33)26(34)32-17-23(18-32)30-10-12-31(13-11-30)27(35)25-28-9-14-36-25/h2-9,14-16,19,23H,10-13,17-18H2,1H3. The third kappa shape index (κ3) is 4.18. The predicted molar refractivity (Wildman–Crippen MR) is 139 cm³/mol. The lowest BCUT2D eigenvalue weighted by Crippen LogP contribution is -2.64. The summed E-state index contributed by atoms with van der Waals surface area (Å²) < 4.78 is 2.01. The lowest BCUT2D eigenvalue weighted by atomic mass is 10.0. The number of likely N-dealkylation sites (tertiary alicyclic amines) is 1. The number of hydrogen-bond acceptors (Lipinski definition) is 6. The normalized spacial score (nSPS) is 17.8. The summed E-state index contributed by atoms with van der Waals surface area (Å²) in [7, 11) is 0. The van der Waals surface area contributed by atoms with Crippen LogP contribution in [0.25, 0.3) is 10.9 Å². The molecule has 2 saturated heterocycles. The number of fused-ring (bicyclic) bond motifs is 1. The van der Waals surface area contributed by atoms with Crippen LogP contribution in [0.1, 0.15) is 38.7 Å². The van der Waals surface area contributed by atoms with Gasteiger partial charge in [-0.3, -0.25) is 19.2 Å². The van der Waals surface area contributed by atoms with Gasteiger partial charge in [0.1, 0.15) is 0 Å². The van der Waals surface area contributed by atoms with Crippen molar-refractivity contribution in [3.63, 3.8) is 0 Å². The Morgan fingerprint density at radius 3 is 2.47 bits per heavy atom. The topological polar surface area (TPSA) is 74.6 Å². The Morgan fingerprint density at radius 1 is 0.972 bits per heavy atom. The summed E-state index contributed by atoms with van der Waals surface area (Å²) in [5.41, 5.74) is 2.92. The average Bonchev–Trinajstić information content (AvgIpc) is 3.58. The van der Waals surface area contributed by atoms with E-state index in [4.69, 9.17) is 0 Å². The van der Waals surface area contributed by atoms with Crippen molar-refractivity contribution in [2.45, 2.75) is 19.0 Å². The van der Waals surface area contributed by atoms with E-state index < -0.39 is 0 Å². The van der Waals surface area contributed by atoms with Crippen LogP contribution in [0.15, 0.2) is 66.3 Å². The maximum atomic E-state index is 13.2. The van der Waals surface area contributed by atoms with E-state index in [0.29, 0.717) is 29.7 Å². The lowest BCUT2D eigenvalue weighted by molar-refractivity contribution is 0.00854. The van der Waals surface area contributed by atoms with Crippen molar-refractivity contribution < 1.29 is 9.59 Å². The Morgan fingerprint density at radius 2 is 1.75 bits per heavy atom. The van der Waals surface area contributed by atoms with Gasteiger partial charge in [0.25, 0.3) is 11.8 Å². The number of rotatable bonds is 5. The molecule has 2 aliphatic rings. The van der Waals surface area contributed by atoms with Gasteiger partial charge in [-0.25, -0.2) is 4.98 Å². The second-order valence-corrected chi connectivity index (χ2v) is 10.4. The number of piperazine rings is 1. The number of nitrogens with zero attached hydrogens (tertiary/aromatic N) is 6. The molecule has 36 heavy (non-hydrogen) atoms. The first-order valence-corrected chi connectivity index (χ1v) is 13.2. The fourth-order valence-corrected chi connectivity index (χ4v) is 5.76. The van der Waals surface area contributed by atoms with Crippen LogP contribution in [-0.4, -0.2) is 86.6 Å². The molecule has 1 unspecified atom stereocenters. The summed E-state index contributed by atoms with van der Waals surface area (Å²) in [6.45, 7) is 6.64. The van der Waals surface area contributed by atoms with E-state index in [1.807, 2.05) is 62.5 Å². The highest BCUT2D eigenvalue weighted by Gasteiger charge is 2.37. The number of amides is 2. The van der Waals surface area contributed by atoms with Gasteiger partial charge in [-0.1, -0.05) is 30.3 Å². The van der Waals surface area contributed by atoms with E-state index in [1.165, 1.54) is 16.9 Å². The highest BCUT2D eigenvalue weighted by Crippen LogP contribution is 2.26. The molecule has 0 aliphatic carbocycles. The second kappa shape index (κ2) is 9.48. The third-order valence-corrected chi connectivity index (χ3v) is 8.14. The molecule has 2 aliphatic heterocycles. The number of carbonyl (C=O) groups is 2. The molecule has 0 bridgehead atoms. The SMILES string of the molecule is CC(c1ccccc1)n1ncc2cc(C(=O)N3CC(N4CCN(C(=O)c5nccs5)CC4)C3)ccc21.